The highest BCUT2D eigenvalue weighted by Gasteiger charge is 2.26. The van der Waals surface area contributed by atoms with E-state index in [1.54, 1.807) is 0 Å². The van der Waals surface area contributed by atoms with Crippen molar-refractivity contribution in [3.8, 4) is 111 Å². The van der Waals surface area contributed by atoms with Crippen LogP contribution in [-0.2, 0) is 0 Å². The average molecular weight is 1480 g/mol. The number of hydrogen-bond acceptors (Lipinski definition) is 4. The maximum atomic E-state index is 6.45. The van der Waals surface area contributed by atoms with Crippen LogP contribution in [0.3, 0.4) is 0 Å². The SMILES string of the molecule is c1ccc(-c2ccc(-c3ccccc3)c(-c3c4cccc(-c5ccc6oc7ccccc7c6c5)c4cc4c(-c5ccc6oc7ccccc7c6c5)cccc34)c2)cc1.c1ccc(-c2ccc(-c3ccccc3)c(-c3c4cccc(-c5cccc6oc7ccccc7c56)c4cc4c(-c5cccc6oc7ccccc7c56)cccc34)c2)cc1. The Labute approximate surface area is 667 Å². The van der Waals surface area contributed by atoms with Crippen LogP contribution in [0.2, 0.25) is 0 Å². The molecule has 4 nitrogen and oxygen atoms in total. The molecular formula is C112H68O4. The lowest BCUT2D eigenvalue weighted by molar-refractivity contribution is 0.668. The molecule has 0 radical (unpaired) electrons. The minimum Gasteiger partial charge on any atom is -0.456 e. The molecule has 24 rings (SSSR count). The lowest BCUT2D eigenvalue weighted by Crippen LogP contribution is -1.94. The van der Waals surface area contributed by atoms with Crippen LogP contribution < -0.4 is 0 Å². The molecule has 0 aliphatic carbocycles. The zero-order valence-corrected chi connectivity index (χ0v) is 62.9. The van der Waals surface area contributed by atoms with Gasteiger partial charge in [0.1, 0.15) is 44.7 Å². The van der Waals surface area contributed by atoms with Crippen molar-refractivity contribution in [2.75, 3.05) is 0 Å². The molecule has 0 N–H and O–H groups in total. The number of fused-ring (bicyclic) bond motifs is 16. The predicted octanol–water partition coefficient (Wildman–Crippen LogP) is 32.3. The highest BCUT2D eigenvalue weighted by atomic mass is 16.3. The van der Waals surface area contributed by atoms with Crippen molar-refractivity contribution >= 4 is 131 Å². The molecule has 0 bridgehead atoms. The Hall–Kier alpha value is -15.4. The average Bonchev–Trinajstić information content (AvgIpc) is 0.944. The maximum absolute atomic E-state index is 6.45. The summed E-state index contributed by atoms with van der Waals surface area (Å²) < 4.78 is 25.4. The molecule has 24 aromatic rings. The summed E-state index contributed by atoms with van der Waals surface area (Å²) in [4.78, 5) is 0. The van der Waals surface area contributed by atoms with Crippen LogP contribution in [0.25, 0.3) is 242 Å². The van der Waals surface area contributed by atoms with Crippen molar-refractivity contribution in [3.05, 3.63) is 413 Å². The van der Waals surface area contributed by atoms with Gasteiger partial charge in [-0.05, 0) is 239 Å². The van der Waals surface area contributed by atoms with E-state index in [2.05, 4.69) is 376 Å². The minimum atomic E-state index is 0.887. The van der Waals surface area contributed by atoms with E-state index < -0.39 is 0 Å². The third kappa shape index (κ3) is 11.0. The van der Waals surface area contributed by atoms with Gasteiger partial charge in [0.05, 0.1) is 0 Å². The van der Waals surface area contributed by atoms with Gasteiger partial charge in [-0.1, -0.05) is 328 Å². The van der Waals surface area contributed by atoms with Crippen LogP contribution in [-0.4, -0.2) is 0 Å². The minimum absolute atomic E-state index is 0.887. The quantitative estimate of drug-likeness (QED) is 0.128. The van der Waals surface area contributed by atoms with Gasteiger partial charge in [-0.25, -0.2) is 0 Å². The smallest absolute Gasteiger partial charge is 0.136 e. The van der Waals surface area contributed by atoms with Crippen molar-refractivity contribution in [2.45, 2.75) is 0 Å². The second kappa shape index (κ2) is 27.2. The molecule has 4 aromatic heterocycles. The summed E-state index contributed by atoms with van der Waals surface area (Å²) in [5, 5.41) is 18.6. The molecule has 0 saturated heterocycles. The number of para-hydroxylation sites is 4. The molecule has 4 heterocycles. The van der Waals surface area contributed by atoms with Crippen molar-refractivity contribution in [2.24, 2.45) is 0 Å². The third-order valence-corrected chi connectivity index (χ3v) is 23.8. The molecule has 0 atom stereocenters. The van der Waals surface area contributed by atoms with Crippen molar-refractivity contribution in [1.82, 2.24) is 0 Å². The molecule has 0 spiro atoms. The molecule has 0 aliphatic heterocycles. The Morgan fingerprint density at radius 1 is 0.112 bits per heavy atom. The zero-order chi connectivity index (χ0) is 76.3. The topological polar surface area (TPSA) is 52.6 Å². The molecule has 116 heavy (non-hydrogen) atoms. The second-order valence-electron chi connectivity index (χ2n) is 30.3. The van der Waals surface area contributed by atoms with Gasteiger partial charge in [-0.3, -0.25) is 0 Å². The van der Waals surface area contributed by atoms with Gasteiger partial charge in [0.15, 0.2) is 0 Å². The van der Waals surface area contributed by atoms with E-state index in [-0.39, 0.29) is 0 Å². The first-order valence-corrected chi connectivity index (χ1v) is 39.7. The molecule has 20 aromatic carbocycles. The van der Waals surface area contributed by atoms with Gasteiger partial charge >= 0.3 is 0 Å². The first-order valence-electron chi connectivity index (χ1n) is 39.7. The Bertz CT molecular complexity index is 7710. The third-order valence-electron chi connectivity index (χ3n) is 23.8. The monoisotopic (exact) mass is 1480 g/mol. The lowest BCUT2D eigenvalue weighted by atomic mass is 9.82. The fraction of sp³-hybridized carbons (Fsp3) is 0. The molecule has 4 heteroatoms. The Morgan fingerprint density at radius 2 is 0.388 bits per heavy atom. The number of furan rings is 4. The van der Waals surface area contributed by atoms with Crippen LogP contribution in [0, 0.1) is 0 Å². The summed E-state index contributed by atoms with van der Waals surface area (Å²) in [6, 6.07) is 149. The number of hydrogen-bond donors (Lipinski definition) is 0. The normalized spacial score (nSPS) is 11.8. The van der Waals surface area contributed by atoms with Gasteiger partial charge in [-0.15, -0.1) is 0 Å². The highest BCUT2D eigenvalue weighted by Crippen LogP contribution is 2.52. The number of benzene rings is 20. The lowest BCUT2D eigenvalue weighted by Gasteiger charge is -2.20. The number of rotatable bonds is 10. The summed E-state index contributed by atoms with van der Waals surface area (Å²) in [6.07, 6.45) is 0. The van der Waals surface area contributed by atoms with E-state index in [0.717, 1.165) is 110 Å². The van der Waals surface area contributed by atoms with E-state index in [0.29, 0.717) is 0 Å². The fourth-order valence-corrected chi connectivity index (χ4v) is 18.5. The molecule has 0 amide bonds. The second-order valence-corrected chi connectivity index (χ2v) is 30.3. The highest BCUT2D eigenvalue weighted by molar-refractivity contribution is 6.26. The van der Waals surface area contributed by atoms with E-state index in [4.69, 9.17) is 17.7 Å². The van der Waals surface area contributed by atoms with Crippen molar-refractivity contribution in [3.63, 3.8) is 0 Å². The molecule has 0 unspecified atom stereocenters. The van der Waals surface area contributed by atoms with Crippen LogP contribution in [0.1, 0.15) is 0 Å². The van der Waals surface area contributed by atoms with Gasteiger partial charge in [0.2, 0.25) is 0 Å². The summed E-state index contributed by atoms with van der Waals surface area (Å²) in [7, 11) is 0. The Kier molecular flexibility index (Phi) is 15.6. The molecular weight excluding hydrogens is 1410 g/mol. The largest absolute Gasteiger partial charge is 0.456 e. The standard InChI is InChI=1S/2C56H34O2/c1-3-15-35(16-4-1)37-31-32-38(36-17-5-2-6-18-36)49(33-37)54-43-23-11-21-39(41-25-13-29-52-55(41)45-19-7-9-27-50(45)57-52)47(43)34-48-40(22-12-24-44(48)54)42-26-14-30-53-56(42)46-20-8-10-28-51(46)58-53;1-3-13-35(14-4-1)37-25-28-42(36-15-5-2-6-16-36)51(31-37)56-45-21-11-19-40(38-26-29-54-49(32-38)43-17-7-9-23-52(43)57-54)47(45)34-48-41(20-12-22-46(48)56)39-27-30-55-50(33-39)44-18-8-10-24-53(44)58-55/h2*1-34H. The summed E-state index contributed by atoms with van der Waals surface area (Å²) >= 11 is 0. The van der Waals surface area contributed by atoms with Crippen LogP contribution >= 0.6 is 0 Å². The van der Waals surface area contributed by atoms with Gasteiger partial charge in [-0.2, -0.15) is 0 Å². The summed E-state index contributed by atoms with van der Waals surface area (Å²) in [6.45, 7) is 0. The molecule has 0 fully saturated rings. The Morgan fingerprint density at radius 3 is 0.784 bits per heavy atom. The fourth-order valence-electron chi connectivity index (χ4n) is 18.5. The Balaban J connectivity index is 0.000000137. The van der Waals surface area contributed by atoms with Crippen LogP contribution in [0.15, 0.2) is 430 Å². The molecule has 0 aliphatic rings. The zero-order valence-electron chi connectivity index (χ0n) is 62.9. The first kappa shape index (κ1) is 66.4. The van der Waals surface area contributed by atoms with Crippen molar-refractivity contribution in [1.29, 1.82) is 0 Å². The summed E-state index contributed by atoms with van der Waals surface area (Å²) in [5.74, 6) is 0. The van der Waals surface area contributed by atoms with Crippen molar-refractivity contribution < 1.29 is 17.7 Å². The van der Waals surface area contributed by atoms with E-state index in [9.17, 15) is 0 Å². The molecule has 540 valence electrons. The molecule has 0 saturated carbocycles. The predicted molar refractivity (Wildman–Crippen MR) is 486 cm³/mol. The van der Waals surface area contributed by atoms with E-state index in [1.807, 2.05) is 36.4 Å². The van der Waals surface area contributed by atoms with Gasteiger partial charge < -0.3 is 17.7 Å². The van der Waals surface area contributed by atoms with Crippen LogP contribution in [0.5, 0.6) is 0 Å². The first-order chi connectivity index (χ1) is 57.5. The van der Waals surface area contributed by atoms with Crippen LogP contribution in [0.4, 0.5) is 0 Å². The van der Waals surface area contributed by atoms with Gasteiger partial charge in [0.25, 0.3) is 0 Å². The van der Waals surface area contributed by atoms with Gasteiger partial charge in [0, 0.05) is 43.1 Å². The summed E-state index contributed by atoms with van der Waals surface area (Å²) in [5.41, 5.74) is 30.8. The maximum Gasteiger partial charge on any atom is 0.136 e. The van der Waals surface area contributed by atoms with E-state index >= 15 is 0 Å². The van der Waals surface area contributed by atoms with E-state index in [1.165, 1.54) is 132 Å².